The molecule has 1 aromatic heterocycles. The third-order valence-corrected chi connectivity index (χ3v) is 4.52. The lowest BCUT2D eigenvalue weighted by molar-refractivity contribution is 0.222. The molecule has 1 aromatic rings. The average Bonchev–Trinajstić information content (AvgIpc) is 2.60. The van der Waals surface area contributed by atoms with Gasteiger partial charge >= 0.3 is 0 Å². The van der Waals surface area contributed by atoms with E-state index in [0.29, 0.717) is 5.89 Å². The zero-order valence-electron chi connectivity index (χ0n) is 12.5. The van der Waals surface area contributed by atoms with Crippen LogP contribution in [-0.2, 0) is 11.2 Å². The van der Waals surface area contributed by atoms with E-state index in [0.717, 1.165) is 11.6 Å². The molecule has 4 nitrogen and oxygen atoms in total. The molecule has 0 aromatic carbocycles. The number of thioether (sulfide) groups is 1. The first-order valence-electron chi connectivity index (χ1n) is 6.19. The van der Waals surface area contributed by atoms with Crippen molar-refractivity contribution in [3.05, 3.63) is 11.7 Å². The summed E-state index contributed by atoms with van der Waals surface area (Å²) in [7, 11) is 0. The summed E-state index contributed by atoms with van der Waals surface area (Å²) in [6, 6.07) is 0. The van der Waals surface area contributed by atoms with Crippen molar-refractivity contribution >= 4 is 11.8 Å². The maximum absolute atomic E-state index is 6.16. The highest BCUT2D eigenvalue weighted by Gasteiger charge is 2.40. The molecule has 0 aliphatic rings. The van der Waals surface area contributed by atoms with Crippen LogP contribution in [0.25, 0.3) is 0 Å². The third-order valence-electron chi connectivity index (χ3n) is 3.25. The van der Waals surface area contributed by atoms with Crippen LogP contribution in [0.3, 0.4) is 0 Å². The van der Waals surface area contributed by atoms with Crippen molar-refractivity contribution in [2.45, 2.75) is 69.9 Å². The van der Waals surface area contributed by atoms with Crippen molar-refractivity contribution in [3.8, 4) is 0 Å². The molecule has 5 heteroatoms. The Labute approximate surface area is 114 Å². The van der Waals surface area contributed by atoms with Crippen LogP contribution < -0.4 is 5.73 Å². The Morgan fingerprint density at radius 3 is 2.11 bits per heavy atom. The van der Waals surface area contributed by atoms with Gasteiger partial charge in [0.1, 0.15) is 0 Å². The highest BCUT2D eigenvalue weighted by atomic mass is 32.2. The quantitative estimate of drug-likeness (QED) is 0.911. The van der Waals surface area contributed by atoms with Crippen molar-refractivity contribution in [2.75, 3.05) is 0 Å². The summed E-state index contributed by atoms with van der Waals surface area (Å²) in [6.45, 7) is 14.5. The first-order valence-corrected chi connectivity index (χ1v) is 7.18. The number of aromatic nitrogens is 2. The molecule has 18 heavy (non-hydrogen) atoms. The van der Waals surface area contributed by atoms with Gasteiger partial charge in [-0.25, -0.2) is 0 Å². The molecule has 0 aliphatic heterocycles. The van der Waals surface area contributed by atoms with Gasteiger partial charge in [0, 0.05) is 10.3 Å². The van der Waals surface area contributed by atoms with Crippen LogP contribution in [0, 0.1) is 0 Å². The van der Waals surface area contributed by atoms with Crippen LogP contribution in [0.5, 0.6) is 0 Å². The van der Waals surface area contributed by atoms with Crippen molar-refractivity contribution in [1.82, 2.24) is 10.1 Å². The summed E-state index contributed by atoms with van der Waals surface area (Å²) in [5, 5.41) is 4.04. The van der Waals surface area contributed by atoms with Crippen LogP contribution >= 0.6 is 11.8 Å². The van der Waals surface area contributed by atoms with Crippen LogP contribution in [0.1, 0.15) is 60.2 Å². The molecule has 0 saturated heterocycles. The van der Waals surface area contributed by atoms with Gasteiger partial charge < -0.3 is 10.3 Å². The molecule has 0 bridgehead atoms. The van der Waals surface area contributed by atoms with E-state index < -0.39 is 5.54 Å². The van der Waals surface area contributed by atoms with E-state index >= 15 is 0 Å². The topological polar surface area (TPSA) is 64.9 Å². The lowest BCUT2D eigenvalue weighted by atomic mass is 9.75. The van der Waals surface area contributed by atoms with Crippen LogP contribution in [0.15, 0.2) is 4.52 Å². The number of nitrogens with two attached hydrogens (primary N) is 1. The fourth-order valence-electron chi connectivity index (χ4n) is 1.12. The van der Waals surface area contributed by atoms with Gasteiger partial charge in [0.25, 0.3) is 0 Å². The molecule has 104 valence electrons. The van der Waals surface area contributed by atoms with Crippen molar-refractivity contribution in [2.24, 2.45) is 5.73 Å². The van der Waals surface area contributed by atoms with Gasteiger partial charge in [-0.15, -0.1) is 11.8 Å². The Balaban J connectivity index is 2.81. The van der Waals surface area contributed by atoms with Gasteiger partial charge in [-0.3, -0.25) is 0 Å². The van der Waals surface area contributed by atoms with E-state index in [1.165, 1.54) is 0 Å². The Hall–Kier alpha value is -0.550. The monoisotopic (exact) mass is 271 g/mol. The predicted molar refractivity (Wildman–Crippen MR) is 76.6 cm³/mol. The van der Waals surface area contributed by atoms with E-state index in [2.05, 4.69) is 30.9 Å². The Morgan fingerprint density at radius 1 is 1.11 bits per heavy atom. The van der Waals surface area contributed by atoms with Crippen LogP contribution in [-0.4, -0.2) is 20.4 Å². The molecule has 0 saturated carbocycles. The average molecular weight is 271 g/mol. The summed E-state index contributed by atoms with van der Waals surface area (Å²) in [5.74, 6) is 2.11. The molecular formula is C13H25N3OS. The van der Waals surface area contributed by atoms with E-state index in [-0.39, 0.29) is 10.2 Å². The summed E-state index contributed by atoms with van der Waals surface area (Å²) in [5.41, 5.74) is 5.41. The summed E-state index contributed by atoms with van der Waals surface area (Å²) >= 11 is 1.80. The zero-order chi connectivity index (χ0) is 14.2. The highest BCUT2D eigenvalue weighted by Crippen LogP contribution is 2.32. The van der Waals surface area contributed by atoms with Gasteiger partial charge in [0.15, 0.2) is 5.82 Å². The minimum atomic E-state index is -0.409. The number of hydrogen-bond acceptors (Lipinski definition) is 5. The molecule has 1 rings (SSSR count). The Kier molecular flexibility index (Phi) is 4.18. The largest absolute Gasteiger partial charge is 0.339 e. The molecule has 0 atom stereocenters. The molecule has 1 heterocycles. The third kappa shape index (κ3) is 3.72. The molecule has 0 fully saturated rings. The van der Waals surface area contributed by atoms with Crippen LogP contribution in [0.2, 0.25) is 0 Å². The van der Waals surface area contributed by atoms with Crippen LogP contribution in [0.4, 0.5) is 0 Å². The smallest absolute Gasteiger partial charge is 0.234 e. The first kappa shape index (κ1) is 15.5. The lowest BCUT2D eigenvalue weighted by Crippen LogP contribution is -2.50. The Bertz CT molecular complexity index is 399. The maximum Gasteiger partial charge on any atom is 0.234 e. The molecule has 0 unspecified atom stereocenters. The van der Waals surface area contributed by atoms with Gasteiger partial charge in [-0.05, 0) is 27.7 Å². The van der Waals surface area contributed by atoms with E-state index in [1.54, 1.807) is 11.8 Å². The second-order valence-electron chi connectivity index (χ2n) is 6.76. The first-order chi connectivity index (χ1) is 7.93. The van der Waals surface area contributed by atoms with Gasteiger partial charge in [0.2, 0.25) is 5.89 Å². The second kappa shape index (κ2) is 4.85. The number of rotatable bonds is 4. The molecule has 0 aliphatic carbocycles. The lowest BCUT2D eigenvalue weighted by Gasteiger charge is -2.34. The second-order valence-corrected chi connectivity index (χ2v) is 8.57. The summed E-state index contributed by atoms with van der Waals surface area (Å²) in [6.07, 6.45) is 0. The fraction of sp³-hybridized carbons (Fsp3) is 0.846. The summed E-state index contributed by atoms with van der Waals surface area (Å²) in [4.78, 5) is 4.47. The minimum Gasteiger partial charge on any atom is -0.339 e. The molecule has 0 amide bonds. The van der Waals surface area contributed by atoms with E-state index in [9.17, 15) is 0 Å². The van der Waals surface area contributed by atoms with Crippen molar-refractivity contribution in [1.29, 1.82) is 0 Å². The summed E-state index contributed by atoms with van der Waals surface area (Å²) < 4.78 is 5.56. The van der Waals surface area contributed by atoms with Crippen molar-refractivity contribution < 1.29 is 4.52 Å². The standard InChI is InChI=1S/C13H25N3OS/c1-11(2,3)18-8-9-15-10(17-16-9)12(4,5)13(6,7)14/h8,14H2,1-7H3. The highest BCUT2D eigenvalue weighted by molar-refractivity contribution is 7.99. The maximum atomic E-state index is 6.16. The number of hydrogen-bond donors (Lipinski definition) is 1. The van der Waals surface area contributed by atoms with E-state index in [1.807, 2.05) is 27.7 Å². The molecule has 0 radical (unpaired) electrons. The van der Waals surface area contributed by atoms with E-state index in [4.69, 9.17) is 10.3 Å². The number of nitrogens with zero attached hydrogens (tertiary/aromatic N) is 2. The van der Waals surface area contributed by atoms with Gasteiger partial charge in [-0.1, -0.05) is 25.9 Å². The Morgan fingerprint density at radius 2 is 1.67 bits per heavy atom. The predicted octanol–water partition coefficient (Wildman–Crippen LogP) is 3.12. The zero-order valence-corrected chi connectivity index (χ0v) is 13.3. The molecular weight excluding hydrogens is 246 g/mol. The fourth-order valence-corrected chi connectivity index (χ4v) is 1.80. The molecule has 2 N–H and O–H groups in total. The SMILES string of the molecule is CC(C)(C)SCc1noc(C(C)(C)C(C)(C)N)n1. The molecule has 0 spiro atoms. The van der Waals surface area contributed by atoms with Gasteiger partial charge in [-0.2, -0.15) is 4.98 Å². The van der Waals surface area contributed by atoms with Gasteiger partial charge in [0.05, 0.1) is 11.2 Å². The van der Waals surface area contributed by atoms with Crippen molar-refractivity contribution in [3.63, 3.8) is 0 Å². The normalized spacial score (nSPS) is 14.0. The minimum absolute atomic E-state index is 0.198.